The number of ketones is 1. The Morgan fingerprint density at radius 1 is 1.33 bits per heavy atom. The first-order valence-corrected chi connectivity index (χ1v) is 9.19. The first kappa shape index (κ1) is 17.2. The molecule has 0 radical (unpaired) electrons. The smallest absolute Gasteiger partial charge is 0.262 e. The largest absolute Gasteiger partial charge is 0.383 e. The van der Waals surface area contributed by atoms with E-state index in [-0.39, 0.29) is 22.6 Å². The van der Waals surface area contributed by atoms with E-state index in [0.717, 1.165) is 19.3 Å². The Kier molecular flexibility index (Phi) is 5.36. The summed E-state index contributed by atoms with van der Waals surface area (Å²) in [7, 11) is 1.62. The monoisotopic (exact) mass is 346 g/mol. The molecule has 1 saturated carbocycles. The van der Waals surface area contributed by atoms with Crippen LogP contribution in [0.3, 0.4) is 0 Å². The molecule has 1 aromatic heterocycles. The third-order valence-electron chi connectivity index (χ3n) is 4.37. The van der Waals surface area contributed by atoms with Crippen LogP contribution in [0.1, 0.15) is 38.6 Å². The van der Waals surface area contributed by atoms with Crippen LogP contribution in [0.2, 0.25) is 0 Å². The summed E-state index contributed by atoms with van der Waals surface area (Å²) in [5.41, 5.74) is 0.602. The van der Waals surface area contributed by atoms with E-state index in [1.165, 1.54) is 11.8 Å². The molecule has 1 heterocycles. The topological polar surface area (TPSA) is 61.2 Å². The van der Waals surface area contributed by atoms with E-state index in [1.807, 2.05) is 25.1 Å². The van der Waals surface area contributed by atoms with Crippen LogP contribution >= 0.6 is 11.8 Å². The molecule has 5 nitrogen and oxygen atoms in total. The maximum atomic E-state index is 13.0. The summed E-state index contributed by atoms with van der Waals surface area (Å²) in [4.78, 5) is 29.8. The first-order valence-electron chi connectivity index (χ1n) is 8.31. The number of nitrogens with zero attached hydrogens (tertiary/aromatic N) is 2. The van der Waals surface area contributed by atoms with Crippen molar-refractivity contribution in [1.29, 1.82) is 0 Å². The minimum atomic E-state index is -0.138. The lowest BCUT2D eigenvalue weighted by molar-refractivity contribution is -0.119. The number of rotatable bonds is 5. The van der Waals surface area contributed by atoms with Crippen molar-refractivity contribution in [1.82, 2.24) is 9.55 Å². The second kappa shape index (κ2) is 7.49. The van der Waals surface area contributed by atoms with Crippen molar-refractivity contribution >= 4 is 28.4 Å². The fourth-order valence-electron chi connectivity index (χ4n) is 3.12. The highest BCUT2D eigenvalue weighted by Gasteiger charge is 2.26. The van der Waals surface area contributed by atoms with Gasteiger partial charge in [-0.15, -0.1) is 0 Å². The Morgan fingerprint density at radius 3 is 2.88 bits per heavy atom. The summed E-state index contributed by atoms with van der Waals surface area (Å²) in [5, 5.41) is 1.11. The molecule has 0 aliphatic heterocycles. The van der Waals surface area contributed by atoms with Crippen LogP contribution in [0.5, 0.6) is 0 Å². The van der Waals surface area contributed by atoms with Crippen molar-refractivity contribution in [3.05, 3.63) is 34.6 Å². The van der Waals surface area contributed by atoms with Gasteiger partial charge in [0.05, 0.1) is 28.8 Å². The molecular formula is C18H22N2O3S. The van der Waals surface area contributed by atoms with Crippen molar-refractivity contribution in [3.8, 4) is 0 Å². The van der Waals surface area contributed by atoms with Crippen LogP contribution in [0.4, 0.5) is 0 Å². The van der Waals surface area contributed by atoms with Crippen molar-refractivity contribution in [3.63, 3.8) is 0 Å². The summed E-state index contributed by atoms with van der Waals surface area (Å²) in [6.07, 6.45) is 3.50. The molecule has 128 valence electrons. The van der Waals surface area contributed by atoms with Gasteiger partial charge >= 0.3 is 0 Å². The SMILES string of the molecule is COCC(C)n1c(SC2CCCCC2=O)nc2ccccc2c1=O. The minimum absolute atomic E-state index is 0.0732. The molecular weight excluding hydrogens is 324 g/mol. The number of hydrogen-bond acceptors (Lipinski definition) is 5. The van der Waals surface area contributed by atoms with Gasteiger partial charge < -0.3 is 4.74 Å². The van der Waals surface area contributed by atoms with E-state index < -0.39 is 0 Å². The zero-order valence-corrected chi connectivity index (χ0v) is 14.8. The van der Waals surface area contributed by atoms with Gasteiger partial charge in [0.2, 0.25) is 0 Å². The lowest BCUT2D eigenvalue weighted by atomic mass is 9.99. The number of Topliss-reactive ketones (excluding diaryl/α,β-unsaturated/α-hetero) is 1. The van der Waals surface area contributed by atoms with Crippen molar-refractivity contribution in [2.75, 3.05) is 13.7 Å². The Labute approximate surface area is 145 Å². The van der Waals surface area contributed by atoms with Gasteiger partial charge in [0.25, 0.3) is 5.56 Å². The molecule has 0 amide bonds. The second-order valence-electron chi connectivity index (χ2n) is 6.21. The Balaban J connectivity index is 2.08. The van der Waals surface area contributed by atoms with E-state index in [1.54, 1.807) is 17.7 Å². The molecule has 24 heavy (non-hydrogen) atoms. The molecule has 0 N–H and O–H groups in total. The Hall–Kier alpha value is -1.66. The molecule has 1 fully saturated rings. The van der Waals surface area contributed by atoms with Crippen molar-refractivity contribution in [2.24, 2.45) is 0 Å². The zero-order valence-electron chi connectivity index (χ0n) is 14.0. The van der Waals surface area contributed by atoms with Gasteiger partial charge in [-0.2, -0.15) is 0 Å². The minimum Gasteiger partial charge on any atom is -0.383 e. The third kappa shape index (κ3) is 3.39. The number of benzene rings is 1. The highest BCUT2D eigenvalue weighted by Crippen LogP contribution is 2.32. The van der Waals surface area contributed by atoms with Crippen LogP contribution < -0.4 is 5.56 Å². The highest BCUT2D eigenvalue weighted by atomic mass is 32.2. The number of ether oxygens (including phenoxy) is 1. The van der Waals surface area contributed by atoms with Gasteiger partial charge in [-0.05, 0) is 31.9 Å². The number of aromatic nitrogens is 2. The van der Waals surface area contributed by atoms with E-state index in [2.05, 4.69) is 4.98 Å². The lowest BCUT2D eigenvalue weighted by Gasteiger charge is -2.23. The number of carbonyl (C=O) groups excluding carboxylic acids is 1. The summed E-state index contributed by atoms with van der Waals surface area (Å²) >= 11 is 1.43. The normalized spacial score (nSPS) is 19.6. The number of para-hydroxylation sites is 1. The maximum absolute atomic E-state index is 13.0. The second-order valence-corrected chi connectivity index (χ2v) is 7.38. The standard InChI is InChI=1S/C18H22N2O3S/c1-12(11-23-2)20-17(22)13-7-3-4-8-14(13)19-18(20)24-16-10-6-5-9-15(16)21/h3-4,7-8,12,16H,5-6,9-11H2,1-2H3. The summed E-state index contributed by atoms with van der Waals surface area (Å²) in [6, 6.07) is 7.21. The van der Waals surface area contributed by atoms with Crippen LogP contribution in [-0.4, -0.2) is 34.3 Å². The molecule has 2 atom stereocenters. The maximum Gasteiger partial charge on any atom is 0.262 e. The summed E-state index contributed by atoms with van der Waals surface area (Å²) in [6.45, 7) is 2.36. The fourth-order valence-corrected chi connectivity index (χ4v) is 4.43. The van der Waals surface area contributed by atoms with Gasteiger partial charge in [0, 0.05) is 13.5 Å². The molecule has 6 heteroatoms. The fraction of sp³-hybridized carbons (Fsp3) is 0.500. The van der Waals surface area contributed by atoms with Crippen LogP contribution in [-0.2, 0) is 9.53 Å². The summed E-state index contributed by atoms with van der Waals surface area (Å²) < 4.78 is 6.91. The first-order chi connectivity index (χ1) is 11.6. The molecule has 0 bridgehead atoms. The van der Waals surface area contributed by atoms with Gasteiger partial charge in [0.1, 0.15) is 5.78 Å². The molecule has 2 aromatic rings. The highest BCUT2D eigenvalue weighted by molar-refractivity contribution is 8.00. The van der Waals surface area contributed by atoms with E-state index >= 15 is 0 Å². The van der Waals surface area contributed by atoms with Crippen LogP contribution in [0.25, 0.3) is 10.9 Å². The molecule has 0 spiro atoms. The van der Waals surface area contributed by atoms with E-state index in [9.17, 15) is 9.59 Å². The third-order valence-corrected chi connectivity index (χ3v) is 5.65. The molecule has 1 aromatic carbocycles. The zero-order chi connectivity index (χ0) is 17.1. The average molecular weight is 346 g/mol. The number of thioether (sulfide) groups is 1. The predicted molar refractivity (Wildman–Crippen MR) is 95.7 cm³/mol. The molecule has 2 unspecified atom stereocenters. The molecule has 0 saturated heterocycles. The van der Waals surface area contributed by atoms with Gasteiger partial charge in [-0.3, -0.25) is 14.2 Å². The molecule has 1 aliphatic carbocycles. The molecule has 1 aliphatic rings. The number of fused-ring (bicyclic) bond motifs is 1. The number of hydrogen-bond donors (Lipinski definition) is 0. The Bertz CT molecular complexity index is 802. The van der Waals surface area contributed by atoms with Crippen LogP contribution in [0.15, 0.2) is 34.2 Å². The lowest BCUT2D eigenvalue weighted by Crippen LogP contribution is -2.30. The Morgan fingerprint density at radius 2 is 2.12 bits per heavy atom. The summed E-state index contributed by atoms with van der Waals surface area (Å²) in [5.74, 6) is 0.264. The van der Waals surface area contributed by atoms with Crippen molar-refractivity contribution < 1.29 is 9.53 Å². The van der Waals surface area contributed by atoms with E-state index in [0.29, 0.717) is 29.1 Å². The predicted octanol–water partition coefficient (Wildman–Crippen LogP) is 3.21. The quantitative estimate of drug-likeness (QED) is 0.778. The van der Waals surface area contributed by atoms with Gasteiger partial charge in [0.15, 0.2) is 5.16 Å². The van der Waals surface area contributed by atoms with Crippen molar-refractivity contribution in [2.45, 2.75) is 49.1 Å². The average Bonchev–Trinajstić information content (AvgIpc) is 2.57. The van der Waals surface area contributed by atoms with E-state index in [4.69, 9.17) is 4.74 Å². The van der Waals surface area contributed by atoms with Gasteiger partial charge in [-0.1, -0.05) is 30.3 Å². The number of methoxy groups -OCH3 is 1. The van der Waals surface area contributed by atoms with Gasteiger partial charge in [-0.25, -0.2) is 4.98 Å². The van der Waals surface area contributed by atoms with Crippen LogP contribution in [0, 0.1) is 0 Å². The number of carbonyl (C=O) groups is 1. The molecule has 3 rings (SSSR count).